The van der Waals surface area contributed by atoms with Crippen molar-refractivity contribution < 1.29 is 18.8 Å². The zero-order valence-corrected chi connectivity index (χ0v) is 16.2. The number of methoxy groups -OCH3 is 2. The smallest absolute Gasteiger partial charge is 0.135 e. The monoisotopic (exact) mass is 371 g/mol. The predicted molar refractivity (Wildman–Crippen MR) is 101 cm³/mol. The van der Waals surface area contributed by atoms with E-state index in [9.17, 15) is 4.21 Å². The summed E-state index contributed by atoms with van der Waals surface area (Å²) in [5, 5.41) is 7.00. The van der Waals surface area contributed by atoms with E-state index in [4.69, 9.17) is 14.6 Å². The maximum atomic E-state index is 12.1. The molecule has 0 aliphatic heterocycles. The van der Waals surface area contributed by atoms with E-state index in [2.05, 4.69) is 4.13 Å². The molecule has 1 atom stereocenters. The van der Waals surface area contributed by atoms with E-state index in [1.165, 1.54) is 11.9 Å². The van der Waals surface area contributed by atoms with Crippen molar-refractivity contribution in [3.05, 3.63) is 48.5 Å². The van der Waals surface area contributed by atoms with Gasteiger partial charge in [0.2, 0.25) is 0 Å². The minimum Gasteiger partial charge on any atom is -0.497 e. The zero-order valence-electron chi connectivity index (χ0n) is 14.6. The van der Waals surface area contributed by atoms with Gasteiger partial charge in [-0.2, -0.15) is 4.13 Å². The second kappa shape index (κ2) is 13.9. The lowest BCUT2D eigenvalue weighted by molar-refractivity contribution is 0.399. The third-order valence-corrected chi connectivity index (χ3v) is 4.72. The molecule has 0 radical (unpaired) electrons. The molecule has 0 bridgehead atoms. The molecule has 0 aliphatic rings. The number of rotatable bonds is 6. The normalized spacial score (nSPS) is 10.4. The lowest BCUT2D eigenvalue weighted by Crippen LogP contribution is -2.08. The van der Waals surface area contributed by atoms with Crippen molar-refractivity contribution >= 4 is 22.9 Å². The van der Waals surface area contributed by atoms with E-state index in [0.717, 1.165) is 23.5 Å². The summed E-state index contributed by atoms with van der Waals surface area (Å²) in [5.41, 5.74) is 0. The summed E-state index contributed by atoms with van der Waals surface area (Å²) in [7, 11) is 2.95. The van der Waals surface area contributed by atoms with Crippen LogP contribution in [0, 0.1) is 0 Å². The van der Waals surface area contributed by atoms with Crippen molar-refractivity contribution in [2.45, 2.75) is 23.6 Å². The second-order valence-corrected chi connectivity index (χ2v) is 6.16. The van der Waals surface area contributed by atoms with E-state index in [-0.39, 0.29) is 0 Å². The van der Waals surface area contributed by atoms with E-state index in [1.54, 1.807) is 38.5 Å². The van der Waals surface area contributed by atoms with E-state index in [0.29, 0.717) is 4.90 Å². The summed E-state index contributed by atoms with van der Waals surface area (Å²) in [4.78, 5) is 1.67. The van der Waals surface area contributed by atoms with Crippen LogP contribution in [0.1, 0.15) is 13.8 Å². The molecule has 2 N–H and O–H groups in total. The Hall–Kier alpha value is -1.54. The Morgan fingerprint density at radius 2 is 1.29 bits per heavy atom. The van der Waals surface area contributed by atoms with Gasteiger partial charge in [0.1, 0.15) is 22.5 Å². The van der Waals surface area contributed by atoms with E-state index < -0.39 is 11.0 Å². The highest BCUT2D eigenvalue weighted by molar-refractivity contribution is 8.07. The van der Waals surface area contributed by atoms with Gasteiger partial charge < -0.3 is 14.6 Å². The fourth-order valence-electron chi connectivity index (χ4n) is 1.48. The fraction of sp³-hybridized carbons (Fsp3) is 0.294. The first kappa shape index (κ1) is 22.5. The first-order valence-electron chi connectivity index (χ1n) is 7.30. The zero-order chi connectivity index (χ0) is 18.4. The van der Waals surface area contributed by atoms with Crippen LogP contribution in [0.15, 0.2) is 58.3 Å². The third kappa shape index (κ3) is 7.83. The minimum absolute atomic E-state index is 0.701. The van der Waals surface area contributed by atoms with Crippen LogP contribution in [0.4, 0.5) is 0 Å². The van der Waals surface area contributed by atoms with Gasteiger partial charge in [0.25, 0.3) is 0 Å². The van der Waals surface area contributed by atoms with Crippen LogP contribution >= 0.6 is 11.9 Å². The summed E-state index contributed by atoms with van der Waals surface area (Å²) >= 11 is 1.32. The summed E-state index contributed by atoms with van der Waals surface area (Å²) in [6.07, 6.45) is 0. The van der Waals surface area contributed by atoms with Crippen LogP contribution in [0.5, 0.6) is 11.5 Å². The fourth-order valence-corrected chi connectivity index (χ4v) is 3.21. The quantitative estimate of drug-likeness (QED) is 0.759. The van der Waals surface area contributed by atoms with Crippen LogP contribution in [-0.2, 0) is 11.0 Å². The summed E-state index contributed by atoms with van der Waals surface area (Å²) < 4.78 is 25.1. The van der Waals surface area contributed by atoms with Crippen LogP contribution in [0.2, 0.25) is 0 Å². The maximum Gasteiger partial charge on any atom is 0.135 e. The molecule has 5 nitrogen and oxygen atoms in total. The molecule has 0 saturated heterocycles. The van der Waals surface area contributed by atoms with Crippen LogP contribution in [0.25, 0.3) is 0 Å². The number of aliphatic hydroxyl groups excluding tert-OH is 1. The maximum absolute atomic E-state index is 12.1. The van der Waals surface area contributed by atoms with Gasteiger partial charge in [-0.05, 0) is 60.5 Å². The second-order valence-electron chi connectivity index (χ2n) is 3.81. The Balaban J connectivity index is 0.00000123. The molecule has 0 saturated carbocycles. The highest BCUT2D eigenvalue weighted by Crippen LogP contribution is 2.21. The molecular formula is C17H25NO4S2. The highest BCUT2D eigenvalue weighted by Gasteiger charge is 2.04. The van der Waals surface area contributed by atoms with Crippen LogP contribution in [0.3, 0.4) is 0 Å². The summed E-state index contributed by atoms with van der Waals surface area (Å²) in [5.74, 6) is 1.54. The van der Waals surface area contributed by atoms with Gasteiger partial charge in [-0.15, -0.1) is 0 Å². The van der Waals surface area contributed by atoms with E-state index in [1.807, 2.05) is 38.1 Å². The summed E-state index contributed by atoms with van der Waals surface area (Å²) in [6.45, 7) is 4.00. The van der Waals surface area contributed by atoms with Crippen molar-refractivity contribution in [1.29, 1.82) is 0 Å². The SMILES string of the molecule is CC.CO.COc1ccc(SNS(=O)c2ccc(OC)cc2)cc1. The van der Waals surface area contributed by atoms with Crippen molar-refractivity contribution in [3.8, 4) is 11.5 Å². The molecule has 2 aromatic rings. The number of hydrogen-bond donors (Lipinski definition) is 2. The van der Waals surface area contributed by atoms with Gasteiger partial charge in [-0.25, -0.2) is 4.21 Å². The van der Waals surface area contributed by atoms with Gasteiger partial charge in [-0.3, -0.25) is 0 Å². The Kier molecular flexibility index (Phi) is 13.0. The Bertz CT molecular complexity index is 574. The number of benzene rings is 2. The first-order valence-corrected chi connectivity index (χ1v) is 9.26. The molecule has 134 valence electrons. The Morgan fingerprint density at radius 1 is 0.875 bits per heavy atom. The molecule has 0 spiro atoms. The molecule has 0 aromatic heterocycles. The summed E-state index contributed by atoms with van der Waals surface area (Å²) in [6, 6.07) is 14.6. The van der Waals surface area contributed by atoms with Crippen LogP contribution < -0.4 is 13.6 Å². The number of hydrogen-bond acceptors (Lipinski definition) is 5. The van der Waals surface area contributed by atoms with Gasteiger partial charge >= 0.3 is 0 Å². The highest BCUT2D eigenvalue weighted by atomic mass is 32.2. The van der Waals surface area contributed by atoms with Crippen molar-refractivity contribution in [3.63, 3.8) is 0 Å². The Labute approximate surface area is 151 Å². The van der Waals surface area contributed by atoms with Gasteiger partial charge in [0.05, 0.1) is 19.1 Å². The van der Waals surface area contributed by atoms with Crippen LogP contribution in [-0.4, -0.2) is 30.6 Å². The van der Waals surface area contributed by atoms with Gasteiger partial charge in [0.15, 0.2) is 0 Å². The Morgan fingerprint density at radius 3 is 1.71 bits per heavy atom. The van der Waals surface area contributed by atoms with Crippen molar-refractivity contribution in [2.75, 3.05) is 21.3 Å². The molecule has 0 amide bonds. The largest absolute Gasteiger partial charge is 0.497 e. The van der Waals surface area contributed by atoms with Gasteiger partial charge in [0, 0.05) is 12.0 Å². The molecule has 1 unspecified atom stereocenters. The lowest BCUT2D eigenvalue weighted by atomic mass is 10.3. The third-order valence-electron chi connectivity index (χ3n) is 2.57. The molecule has 7 heteroatoms. The molecule has 2 rings (SSSR count). The molecular weight excluding hydrogens is 346 g/mol. The number of ether oxygens (including phenoxy) is 2. The number of nitrogens with one attached hydrogen (secondary N) is 1. The minimum atomic E-state index is -1.28. The molecule has 0 heterocycles. The first-order chi connectivity index (χ1) is 11.7. The molecule has 2 aromatic carbocycles. The average molecular weight is 372 g/mol. The average Bonchev–Trinajstić information content (AvgIpc) is 2.69. The molecule has 0 aliphatic carbocycles. The van der Waals surface area contributed by atoms with Crippen molar-refractivity contribution in [2.24, 2.45) is 0 Å². The van der Waals surface area contributed by atoms with Gasteiger partial charge in [-0.1, -0.05) is 13.8 Å². The molecule has 24 heavy (non-hydrogen) atoms. The van der Waals surface area contributed by atoms with Crippen molar-refractivity contribution in [1.82, 2.24) is 4.13 Å². The lowest BCUT2D eigenvalue weighted by Gasteiger charge is -2.06. The topological polar surface area (TPSA) is 67.8 Å². The molecule has 0 fully saturated rings. The number of aliphatic hydroxyl groups is 1. The predicted octanol–water partition coefficient (Wildman–Crippen LogP) is 3.66. The standard InChI is InChI=1S/C14H15NO3S2.C2H6.CH4O/c1-17-11-3-7-13(8-4-11)19-15-20(16)14-9-5-12(18-2)6-10-14;2*1-2/h3-10,15H,1-2H3;1-2H3;2H,1H3. The van der Waals surface area contributed by atoms with E-state index >= 15 is 0 Å².